The van der Waals surface area contributed by atoms with Crippen LogP contribution in [-0.4, -0.2) is 40.4 Å². The number of ether oxygens (including phenoxy) is 1. The van der Waals surface area contributed by atoms with Gasteiger partial charge in [-0.2, -0.15) is 0 Å². The third-order valence-electron chi connectivity index (χ3n) is 5.18. The molecule has 5 nitrogen and oxygen atoms in total. The zero-order chi connectivity index (χ0) is 13.6. The molecular weight excluding hydrogens is 254 g/mol. The van der Waals surface area contributed by atoms with Gasteiger partial charge in [0.05, 0.1) is 6.10 Å². The fourth-order valence-corrected chi connectivity index (χ4v) is 3.57. The van der Waals surface area contributed by atoms with Gasteiger partial charge in [-0.1, -0.05) is 0 Å². The standard InChI is InChI=1S/C15H21N3O2/c19-12-9-11(15(12)4-7-20-8-5-15)17-13-3-6-16-14(18-13)10-1-2-10/h3,6,10-12,19H,1-2,4-5,7-9H2,(H,16,17,18)/t11-,12-/m1/s1. The maximum Gasteiger partial charge on any atom is 0.133 e. The van der Waals surface area contributed by atoms with Crippen LogP contribution in [0.5, 0.6) is 0 Å². The fraction of sp³-hybridized carbons (Fsp3) is 0.733. The molecule has 2 N–H and O–H groups in total. The zero-order valence-electron chi connectivity index (χ0n) is 11.6. The van der Waals surface area contributed by atoms with Crippen molar-refractivity contribution in [3.63, 3.8) is 0 Å². The van der Waals surface area contributed by atoms with Crippen LogP contribution in [0.3, 0.4) is 0 Å². The van der Waals surface area contributed by atoms with Gasteiger partial charge in [-0.05, 0) is 38.2 Å². The fourth-order valence-electron chi connectivity index (χ4n) is 3.57. The van der Waals surface area contributed by atoms with Crippen molar-refractivity contribution >= 4 is 5.82 Å². The molecule has 0 radical (unpaired) electrons. The van der Waals surface area contributed by atoms with E-state index in [1.807, 2.05) is 12.3 Å². The Kier molecular flexibility index (Phi) is 2.93. The molecule has 0 amide bonds. The average Bonchev–Trinajstić information content (AvgIpc) is 3.33. The Bertz CT molecular complexity index is 498. The number of hydrogen-bond donors (Lipinski definition) is 2. The molecule has 2 atom stereocenters. The SMILES string of the molecule is O[C@@H]1C[C@@H](Nc2ccnc(C3CC3)n2)C12CCOCC2. The lowest BCUT2D eigenvalue weighted by Crippen LogP contribution is -2.62. The Labute approximate surface area is 118 Å². The topological polar surface area (TPSA) is 67.3 Å². The minimum absolute atomic E-state index is 0.0110. The largest absolute Gasteiger partial charge is 0.392 e. The first-order valence-electron chi connectivity index (χ1n) is 7.63. The first-order chi connectivity index (χ1) is 9.78. The summed E-state index contributed by atoms with van der Waals surface area (Å²) in [5, 5.41) is 13.7. The molecule has 3 fully saturated rings. The van der Waals surface area contributed by atoms with Gasteiger partial charge in [-0.3, -0.25) is 0 Å². The molecule has 2 aliphatic carbocycles. The van der Waals surface area contributed by atoms with E-state index in [1.54, 1.807) is 0 Å². The van der Waals surface area contributed by atoms with Gasteiger partial charge in [0.25, 0.3) is 0 Å². The van der Waals surface area contributed by atoms with Gasteiger partial charge < -0.3 is 15.2 Å². The second kappa shape index (κ2) is 4.67. The molecule has 20 heavy (non-hydrogen) atoms. The van der Waals surface area contributed by atoms with Crippen LogP contribution in [0.25, 0.3) is 0 Å². The minimum atomic E-state index is -0.200. The number of aliphatic hydroxyl groups excluding tert-OH is 1. The number of aromatic nitrogens is 2. The molecule has 2 saturated carbocycles. The van der Waals surface area contributed by atoms with Crippen LogP contribution in [0.2, 0.25) is 0 Å². The van der Waals surface area contributed by atoms with Gasteiger partial charge >= 0.3 is 0 Å². The molecule has 1 aliphatic heterocycles. The molecule has 2 heterocycles. The number of hydrogen-bond acceptors (Lipinski definition) is 5. The van der Waals surface area contributed by atoms with Gasteiger partial charge in [0.1, 0.15) is 11.6 Å². The highest BCUT2D eigenvalue weighted by Crippen LogP contribution is 2.50. The van der Waals surface area contributed by atoms with E-state index >= 15 is 0 Å². The zero-order valence-corrected chi connectivity index (χ0v) is 11.6. The smallest absolute Gasteiger partial charge is 0.133 e. The Balaban J connectivity index is 1.49. The summed E-state index contributed by atoms with van der Waals surface area (Å²) in [6.07, 6.45) is 6.75. The van der Waals surface area contributed by atoms with Crippen molar-refractivity contribution in [3.05, 3.63) is 18.1 Å². The molecule has 1 saturated heterocycles. The summed E-state index contributed by atoms with van der Waals surface area (Å²) in [6.45, 7) is 1.51. The maximum absolute atomic E-state index is 10.2. The summed E-state index contributed by atoms with van der Waals surface area (Å²) in [5.41, 5.74) is -0.0110. The van der Waals surface area contributed by atoms with Crippen molar-refractivity contribution in [1.82, 2.24) is 9.97 Å². The summed E-state index contributed by atoms with van der Waals surface area (Å²) in [4.78, 5) is 8.98. The Morgan fingerprint density at radius 1 is 1.30 bits per heavy atom. The van der Waals surface area contributed by atoms with Crippen molar-refractivity contribution in [2.24, 2.45) is 5.41 Å². The van der Waals surface area contributed by atoms with Crippen LogP contribution in [0.4, 0.5) is 5.82 Å². The van der Waals surface area contributed by atoms with Crippen LogP contribution >= 0.6 is 0 Å². The van der Waals surface area contributed by atoms with E-state index < -0.39 is 0 Å². The molecule has 1 spiro atoms. The number of rotatable bonds is 3. The summed E-state index contributed by atoms with van der Waals surface area (Å²) in [7, 11) is 0. The van der Waals surface area contributed by atoms with E-state index in [9.17, 15) is 5.11 Å². The number of aliphatic hydroxyl groups is 1. The van der Waals surface area contributed by atoms with E-state index in [0.29, 0.717) is 12.0 Å². The van der Waals surface area contributed by atoms with Gasteiger partial charge in [-0.25, -0.2) is 9.97 Å². The quantitative estimate of drug-likeness (QED) is 0.879. The number of anilines is 1. The molecule has 5 heteroatoms. The van der Waals surface area contributed by atoms with E-state index in [0.717, 1.165) is 44.1 Å². The molecule has 0 bridgehead atoms. The summed E-state index contributed by atoms with van der Waals surface area (Å²) < 4.78 is 5.44. The monoisotopic (exact) mass is 275 g/mol. The summed E-state index contributed by atoms with van der Waals surface area (Å²) >= 11 is 0. The molecule has 4 rings (SSSR count). The highest BCUT2D eigenvalue weighted by atomic mass is 16.5. The van der Waals surface area contributed by atoms with Crippen LogP contribution in [0, 0.1) is 5.41 Å². The van der Waals surface area contributed by atoms with E-state index in [2.05, 4.69) is 15.3 Å². The van der Waals surface area contributed by atoms with Crippen LogP contribution < -0.4 is 5.32 Å². The van der Waals surface area contributed by atoms with Crippen molar-refractivity contribution in [1.29, 1.82) is 0 Å². The maximum atomic E-state index is 10.2. The van der Waals surface area contributed by atoms with E-state index in [4.69, 9.17) is 4.74 Å². The molecule has 3 aliphatic rings. The van der Waals surface area contributed by atoms with Crippen molar-refractivity contribution in [3.8, 4) is 0 Å². The number of nitrogens with zero attached hydrogens (tertiary/aromatic N) is 2. The molecule has 1 aromatic rings. The molecule has 108 valence electrons. The van der Waals surface area contributed by atoms with Crippen molar-refractivity contribution < 1.29 is 9.84 Å². The molecule has 0 unspecified atom stereocenters. The Morgan fingerprint density at radius 3 is 2.80 bits per heavy atom. The minimum Gasteiger partial charge on any atom is -0.392 e. The molecule has 1 aromatic heterocycles. The van der Waals surface area contributed by atoms with Gasteiger partial charge in [0.2, 0.25) is 0 Å². The van der Waals surface area contributed by atoms with Gasteiger partial charge in [-0.15, -0.1) is 0 Å². The first kappa shape index (κ1) is 12.5. The Hall–Kier alpha value is -1.20. The predicted octanol–water partition coefficient (Wildman–Crippen LogP) is 1.70. The van der Waals surface area contributed by atoms with Gasteiger partial charge in [0.15, 0.2) is 0 Å². The lowest BCUT2D eigenvalue weighted by atomic mass is 9.58. The van der Waals surface area contributed by atoms with Crippen LogP contribution in [-0.2, 0) is 4.74 Å². The van der Waals surface area contributed by atoms with Gasteiger partial charge in [0, 0.05) is 36.8 Å². The second-order valence-corrected chi connectivity index (χ2v) is 6.37. The highest BCUT2D eigenvalue weighted by Gasteiger charge is 2.55. The van der Waals surface area contributed by atoms with Crippen molar-refractivity contribution in [2.45, 2.75) is 50.2 Å². The Morgan fingerprint density at radius 2 is 2.10 bits per heavy atom. The molecule has 0 aromatic carbocycles. The summed E-state index contributed by atoms with van der Waals surface area (Å²) in [5.74, 6) is 2.45. The third-order valence-corrected chi connectivity index (χ3v) is 5.18. The normalized spacial score (nSPS) is 31.9. The van der Waals surface area contributed by atoms with Crippen LogP contribution in [0.15, 0.2) is 12.3 Å². The lowest BCUT2D eigenvalue weighted by Gasteiger charge is -2.55. The first-order valence-corrected chi connectivity index (χ1v) is 7.63. The van der Waals surface area contributed by atoms with Crippen molar-refractivity contribution in [2.75, 3.05) is 18.5 Å². The predicted molar refractivity (Wildman–Crippen MR) is 74.5 cm³/mol. The van der Waals surface area contributed by atoms with E-state index in [-0.39, 0.29) is 11.5 Å². The number of nitrogens with one attached hydrogen (secondary N) is 1. The molecular formula is C15H21N3O2. The second-order valence-electron chi connectivity index (χ2n) is 6.37. The summed E-state index contributed by atoms with van der Waals surface area (Å²) in [6, 6.07) is 2.24. The third kappa shape index (κ3) is 2.00. The highest BCUT2D eigenvalue weighted by molar-refractivity contribution is 5.38. The van der Waals surface area contributed by atoms with E-state index in [1.165, 1.54) is 12.8 Å². The van der Waals surface area contributed by atoms with Crippen LogP contribution in [0.1, 0.15) is 43.8 Å². The average molecular weight is 275 g/mol. The lowest BCUT2D eigenvalue weighted by molar-refractivity contribution is -0.133.